The third kappa shape index (κ3) is 7.65. The Morgan fingerprint density at radius 2 is 1.60 bits per heavy atom. The maximum absolute atomic E-state index is 11.3. The fourth-order valence-corrected chi connectivity index (χ4v) is 5.73. The SMILES string of the molecule is O=C(O)C(F)(F)F.O=P(O)(O)CC1CCC(c2ccc(-n3cnc4c(Nc5ccccc5)ncnc43)cc2)CC1. The third-order valence-electron chi connectivity index (χ3n) is 6.60. The number of fused-ring (bicyclic) bond motifs is 1. The van der Waals surface area contributed by atoms with E-state index in [1.54, 1.807) is 6.33 Å². The van der Waals surface area contributed by atoms with Crippen LogP contribution in [-0.4, -0.2) is 52.7 Å². The van der Waals surface area contributed by atoms with E-state index in [-0.39, 0.29) is 12.1 Å². The molecular weight excluding hydrogens is 550 g/mol. The van der Waals surface area contributed by atoms with Crippen molar-refractivity contribution >= 4 is 36.2 Å². The summed E-state index contributed by atoms with van der Waals surface area (Å²) in [4.78, 5) is 40.7. The standard InChI is InChI=1S/C24H26N5O3P.C2HF3O2/c30-33(31,32)14-17-6-8-18(9-7-17)19-10-12-21(13-11-19)29-16-27-22-23(25-15-26-24(22)29)28-20-4-2-1-3-5-20;3-2(4,5)1(6)7/h1-5,10-13,15-18H,6-9,14H2,(H,25,26,28)(H2,30,31,32);(H,6,7). The minimum atomic E-state index is -5.08. The summed E-state index contributed by atoms with van der Waals surface area (Å²) >= 11 is 0. The van der Waals surface area contributed by atoms with Gasteiger partial charge in [-0.2, -0.15) is 13.2 Å². The number of para-hydroxylation sites is 1. The van der Waals surface area contributed by atoms with Crippen LogP contribution in [0.3, 0.4) is 0 Å². The monoisotopic (exact) mass is 577 g/mol. The van der Waals surface area contributed by atoms with Crippen molar-refractivity contribution < 1.29 is 37.4 Å². The van der Waals surface area contributed by atoms with E-state index in [0.717, 1.165) is 42.7 Å². The van der Waals surface area contributed by atoms with Crippen LogP contribution in [0.4, 0.5) is 24.7 Å². The molecular formula is C26H27F3N5O5P. The first-order valence-electron chi connectivity index (χ1n) is 12.4. The third-order valence-corrected chi connectivity index (χ3v) is 7.59. The Morgan fingerprint density at radius 3 is 2.17 bits per heavy atom. The molecule has 1 saturated carbocycles. The molecule has 1 aliphatic rings. The summed E-state index contributed by atoms with van der Waals surface area (Å²) in [6, 6.07) is 18.3. The van der Waals surface area contributed by atoms with E-state index in [0.29, 0.717) is 17.3 Å². The number of carboxylic acid groups (broad SMARTS) is 1. The van der Waals surface area contributed by atoms with Crippen molar-refractivity contribution in [2.75, 3.05) is 11.5 Å². The Balaban J connectivity index is 0.000000470. The van der Waals surface area contributed by atoms with Gasteiger partial charge in [-0.15, -0.1) is 0 Å². The number of hydrogen-bond acceptors (Lipinski definition) is 6. The van der Waals surface area contributed by atoms with Crippen LogP contribution in [0.1, 0.15) is 37.2 Å². The summed E-state index contributed by atoms with van der Waals surface area (Å²) in [6.07, 6.45) is 1.86. The van der Waals surface area contributed by atoms with Crippen LogP contribution < -0.4 is 5.32 Å². The van der Waals surface area contributed by atoms with Gasteiger partial charge in [-0.3, -0.25) is 9.13 Å². The molecule has 5 rings (SSSR count). The highest BCUT2D eigenvalue weighted by Gasteiger charge is 2.38. The molecule has 0 aliphatic heterocycles. The lowest BCUT2D eigenvalue weighted by Crippen LogP contribution is -2.21. The number of imidazole rings is 1. The Labute approximate surface area is 227 Å². The number of benzene rings is 2. The Kier molecular flexibility index (Phi) is 8.87. The van der Waals surface area contributed by atoms with Crippen LogP contribution in [0, 0.1) is 5.92 Å². The second-order valence-corrected chi connectivity index (χ2v) is 11.2. The van der Waals surface area contributed by atoms with Gasteiger partial charge in [0, 0.05) is 11.4 Å². The summed E-state index contributed by atoms with van der Waals surface area (Å²) in [7, 11) is -3.93. The molecule has 212 valence electrons. The van der Waals surface area contributed by atoms with Crippen molar-refractivity contribution in [1.29, 1.82) is 0 Å². The number of nitrogens with one attached hydrogen (secondary N) is 1. The number of anilines is 2. The molecule has 0 saturated heterocycles. The molecule has 4 N–H and O–H groups in total. The molecule has 0 unspecified atom stereocenters. The highest BCUT2D eigenvalue weighted by molar-refractivity contribution is 7.51. The predicted molar refractivity (Wildman–Crippen MR) is 142 cm³/mol. The largest absolute Gasteiger partial charge is 0.490 e. The Morgan fingerprint density at radius 1 is 0.975 bits per heavy atom. The summed E-state index contributed by atoms with van der Waals surface area (Å²) in [5, 5.41) is 10.4. The second-order valence-electron chi connectivity index (χ2n) is 9.46. The van der Waals surface area contributed by atoms with Gasteiger partial charge in [0.2, 0.25) is 0 Å². The molecule has 0 spiro atoms. The van der Waals surface area contributed by atoms with Crippen molar-refractivity contribution in [1.82, 2.24) is 19.5 Å². The molecule has 0 amide bonds. The van der Waals surface area contributed by atoms with Gasteiger partial charge in [0.05, 0.1) is 6.16 Å². The Bertz CT molecular complexity index is 1480. The smallest absolute Gasteiger partial charge is 0.475 e. The van der Waals surface area contributed by atoms with E-state index in [1.165, 1.54) is 11.9 Å². The molecule has 1 aliphatic carbocycles. The molecule has 14 heteroatoms. The molecule has 2 heterocycles. The summed E-state index contributed by atoms with van der Waals surface area (Å²) < 4.78 is 45.0. The average molecular weight is 578 g/mol. The quantitative estimate of drug-likeness (QED) is 0.213. The second kappa shape index (κ2) is 12.2. The minimum absolute atomic E-state index is 0.00926. The lowest BCUT2D eigenvalue weighted by Gasteiger charge is -2.29. The van der Waals surface area contributed by atoms with E-state index >= 15 is 0 Å². The number of rotatable bonds is 6. The molecule has 4 aromatic rings. The number of aromatic nitrogens is 4. The van der Waals surface area contributed by atoms with Gasteiger partial charge in [0.15, 0.2) is 17.0 Å². The van der Waals surface area contributed by atoms with Gasteiger partial charge in [0.25, 0.3) is 0 Å². The number of nitrogens with zero attached hydrogens (tertiary/aromatic N) is 4. The van der Waals surface area contributed by atoms with Gasteiger partial charge in [-0.05, 0) is 67.3 Å². The zero-order valence-corrected chi connectivity index (χ0v) is 22.0. The number of halogens is 3. The first-order valence-corrected chi connectivity index (χ1v) is 14.2. The van der Waals surface area contributed by atoms with E-state index in [2.05, 4.69) is 44.5 Å². The van der Waals surface area contributed by atoms with Gasteiger partial charge in [-0.1, -0.05) is 30.3 Å². The van der Waals surface area contributed by atoms with Crippen molar-refractivity contribution in [3.05, 3.63) is 72.8 Å². The average Bonchev–Trinajstić information content (AvgIpc) is 3.34. The van der Waals surface area contributed by atoms with Crippen molar-refractivity contribution in [2.45, 2.75) is 37.8 Å². The number of hydrogen-bond donors (Lipinski definition) is 4. The molecule has 10 nitrogen and oxygen atoms in total. The van der Waals surface area contributed by atoms with Gasteiger partial charge in [0.1, 0.15) is 12.7 Å². The van der Waals surface area contributed by atoms with Gasteiger partial charge in [-0.25, -0.2) is 19.7 Å². The Hall–Kier alpha value is -3.80. The topological polar surface area (TPSA) is 150 Å². The summed E-state index contributed by atoms with van der Waals surface area (Å²) in [6.45, 7) is 0. The predicted octanol–water partition coefficient (Wildman–Crippen LogP) is 5.64. The fraction of sp³-hybridized carbons (Fsp3) is 0.308. The summed E-state index contributed by atoms with van der Waals surface area (Å²) in [5.74, 6) is -1.55. The number of aliphatic carboxylic acids is 1. The fourth-order valence-electron chi connectivity index (χ4n) is 4.70. The summed E-state index contributed by atoms with van der Waals surface area (Å²) in [5.41, 5.74) is 4.61. The van der Waals surface area contributed by atoms with Crippen molar-refractivity contribution in [3.63, 3.8) is 0 Å². The van der Waals surface area contributed by atoms with Gasteiger partial charge >= 0.3 is 19.7 Å². The van der Waals surface area contributed by atoms with Crippen molar-refractivity contribution in [2.24, 2.45) is 5.92 Å². The van der Waals surface area contributed by atoms with Crippen LogP contribution in [0.25, 0.3) is 16.9 Å². The highest BCUT2D eigenvalue weighted by atomic mass is 31.2. The normalized spacial score (nSPS) is 17.6. The highest BCUT2D eigenvalue weighted by Crippen LogP contribution is 2.44. The van der Waals surface area contributed by atoms with Crippen LogP contribution in [0.15, 0.2) is 67.3 Å². The maximum Gasteiger partial charge on any atom is 0.490 e. The molecule has 0 bridgehead atoms. The van der Waals surface area contributed by atoms with E-state index < -0.39 is 19.7 Å². The first-order chi connectivity index (χ1) is 18.9. The first kappa shape index (κ1) is 29.2. The number of carboxylic acids is 1. The zero-order chi connectivity index (χ0) is 28.9. The molecule has 0 atom stereocenters. The lowest BCUT2D eigenvalue weighted by molar-refractivity contribution is -0.192. The van der Waals surface area contributed by atoms with E-state index in [4.69, 9.17) is 9.90 Å². The zero-order valence-electron chi connectivity index (χ0n) is 21.1. The maximum atomic E-state index is 11.3. The van der Waals surface area contributed by atoms with Crippen LogP contribution in [0.2, 0.25) is 0 Å². The minimum Gasteiger partial charge on any atom is -0.475 e. The molecule has 2 aromatic heterocycles. The lowest BCUT2D eigenvalue weighted by atomic mass is 9.79. The van der Waals surface area contributed by atoms with E-state index in [1.807, 2.05) is 34.9 Å². The number of alkyl halides is 3. The van der Waals surface area contributed by atoms with Crippen LogP contribution >= 0.6 is 7.60 Å². The molecule has 40 heavy (non-hydrogen) atoms. The van der Waals surface area contributed by atoms with Crippen LogP contribution in [0.5, 0.6) is 0 Å². The van der Waals surface area contributed by atoms with Gasteiger partial charge < -0.3 is 20.2 Å². The van der Waals surface area contributed by atoms with Crippen molar-refractivity contribution in [3.8, 4) is 5.69 Å². The molecule has 2 aromatic carbocycles. The molecule has 1 fully saturated rings. The van der Waals surface area contributed by atoms with E-state index in [9.17, 15) is 27.5 Å². The van der Waals surface area contributed by atoms with Crippen LogP contribution in [-0.2, 0) is 9.36 Å². The molecule has 0 radical (unpaired) electrons. The number of carbonyl (C=O) groups is 1.